The Bertz CT molecular complexity index is 559. The highest BCUT2D eigenvalue weighted by Gasteiger charge is 2.33. The molecule has 132 valence electrons. The molecule has 5 nitrogen and oxygen atoms in total. The zero-order valence-corrected chi connectivity index (χ0v) is 14.7. The second-order valence-corrected chi connectivity index (χ2v) is 8.09. The van der Waals surface area contributed by atoms with E-state index in [1.807, 2.05) is 6.33 Å². The van der Waals surface area contributed by atoms with Crippen LogP contribution in [-0.2, 0) is 11.3 Å². The summed E-state index contributed by atoms with van der Waals surface area (Å²) in [6.45, 7) is 1.93. The molecule has 3 aliphatic rings. The molecule has 1 aliphatic heterocycles. The molecule has 2 heterocycles. The first-order chi connectivity index (χ1) is 11.8. The van der Waals surface area contributed by atoms with Gasteiger partial charge in [-0.2, -0.15) is 0 Å². The number of carbonyl (C=O) groups is 1. The van der Waals surface area contributed by atoms with Crippen molar-refractivity contribution in [2.24, 2.45) is 11.8 Å². The zero-order valence-electron chi connectivity index (χ0n) is 14.7. The Hall–Kier alpha value is -1.39. The van der Waals surface area contributed by atoms with Crippen molar-refractivity contribution in [1.82, 2.24) is 19.7 Å². The maximum absolute atomic E-state index is 13.0. The number of hydrogen-bond donors (Lipinski definition) is 0. The van der Waals surface area contributed by atoms with Gasteiger partial charge in [0.1, 0.15) is 6.33 Å². The van der Waals surface area contributed by atoms with Gasteiger partial charge in [0.15, 0.2) is 5.82 Å². The van der Waals surface area contributed by atoms with Crippen LogP contribution in [0.1, 0.15) is 82.5 Å². The van der Waals surface area contributed by atoms with Crippen LogP contribution in [0.2, 0.25) is 0 Å². The van der Waals surface area contributed by atoms with E-state index < -0.39 is 0 Å². The highest BCUT2D eigenvalue weighted by molar-refractivity contribution is 5.77. The Morgan fingerprint density at radius 2 is 1.79 bits per heavy atom. The number of carbonyl (C=O) groups excluding carboxylic acids is 1. The van der Waals surface area contributed by atoms with E-state index >= 15 is 0 Å². The molecule has 0 bridgehead atoms. The lowest BCUT2D eigenvalue weighted by molar-refractivity contribution is -0.136. The van der Waals surface area contributed by atoms with E-state index in [9.17, 15) is 4.79 Å². The second-order valence-electron chi connectivity index (χ2n) is 8.09. The molecule has 1 atom stereocenters. The van der Waals surface area contributed by atoms with Crippen molar-refractivity contribution < 1.29 is 4.79 Å². The quantitative estimate of drug-likeness (QED) is 0.827. The number of piperidine rings is 1. The average molecular weight is 330 g/mol. The van der Waals surface area contributed by atoms with Crippen LogP contribution in [0.3, 0.4) is 0 Å². The standard InChI is InChI=1S/C19H30N4O/c24-18(12-15-6-2-1-3-7-15)23-11-5-4-8-17(23)19-21-20-14-22(19)13-16-9-10-16/h14-17H,1-13H2. The number of rotatable bonds is 5. The van der Waals surface area contributed by atoms with Crippen molar-refractivity contribution in [3.05, 3.63) is 12.2 Å². The van der Waals surface area contributed by atoms with Crippen molar-refractivity contribution in [3.8, 4) is 0 Å². The van der Waals surface area contributed by atoms with Crippen LogP contribution >= 0.6 is 0 Å². The molecular weight excluding hydrogens is 300 g/mol. The Balaban J connectivity index is 1.46. The van der Waals surface area contributed by atoms with Crippen LogP contribution in [0, 0.1) is 11.8 Å². The Morgan fingerprint density at radius 1 is 1.00 bits per heavy atom. The molecule has 0 radical (unpaired) electrons. The van der Waals surface area contributed by atoms with Gasteiger partial charge in [-0.3, -0.25) is 4.79 Å². The van der Waals surface area contributed by atoms with Crippen LogP contribution in [-0.4, -0.2) is 32.1 Å². The van der Waals surface area contributed by atoms with Gasteiger partial charge < -0.3 is 9.47 Å². The molecule has 1 unspecified atom stereocenters. The number of nitrogens with zero attached hydrogens (tertiary/aromatic N) is 4. The minimum atomic E-state index is 0.149. The second kappa shape index (κ2) is 7.24. The van der Waals surface area contributed by atoms with Gasteiger partial charge in [-0.05, 0) is 56.8 Å². The first-order valence-corrected chi connectivity index (χ1v) is 9.98. The van der Waals surface area contributed by atoms with Crippen LogP contribution in [0.25, 0.3) is 0 Å². The summed E-state index contributed by atoms with van der Waals surface area (Å²) in [5, 5.41) is 8.58. The smallest absolute Gasteiger partial charge is 0.223 e. The van der Waals surface area contributed by atoms with Gasteiger partial charge >= 0.3 is 0 Å². The van der Waals surface area contributed by atoms with Crippen molar-refractivity contribution in [2.75, 3.05) is 6.54 Å². The van der Waals surface area contributed by atoms with E-state index in [1.54, 1.807) is 0 Å². The van der Waals surface area contributed by atoms with E-state index in [0.717, 1.165) is 44.1 Å². The summed E-state index contributed by atoms with van der Waals surface area (Å²) in [4.78, 5) is 15.1. The van der Waals surface area contributed by atoms with Gasteiger partial charge in [-0.15, -0.1) is 10.2 Å². The number of likely N-dealkylation sites (tertiary alicyclic amines) is 1. The fraction of sp³-hybridized carbons (Fsp3) is 0.842. The van der Waals surface area contributed by atoms with Crippen LogP contribution in [0.5, 0.6) is 0 Å². The maximum Gasteiger partial charge on any atom is 0.223 e. The summed E-state index contributed by atoms with van der Waals surface area (Å²) in [6, 6.07) is 0.149. The highest BCUT2D eigenvalue weighted by Crippen LogP contribution is 2.35. The van der Waals surface area contributed by atoms with Crippen molar-refractivity contribution >= 4 is 5.91 Å². The van der Waals surface area contributed by atoms with Crippen LogP contribution < -0.4 is 0 Å². The monoisotopic (exact) mass is 330 g/mol. The summed E-state index contributed by atoms with van der Waals surface area (Å²) in [6.07, 6.45) is 15.1. The molecule has 0 aromatic carbocycles. The topological polar surface area (TPSA) is 51.0 Å². The Morgan fingerprint density at radius 3 is 2.58 bits per heavy atom. The van der Waals surface area contributed by atoms with E-state index in [1.165, 1.54) is 51.4 Å². The van der Waals surface area contributed by atoms with E-state index in [0.29, 0.717) is 11.8 Å². The zero-order chi connectivity index (χ0) is 16.4. The van der Waals surface area contributed by atoms with Gasteiger partial charge in [0.05, 0.1) is 6.04 Å². The predicted molar refractivity (Wildman–Crippen MR) is 92.2 cm³/mol. The third-order valence-corrected chi connectivity index (χ3v) is 6.11. The summed E-state index contributed by atoms with van der Waals surface area (Å²) >= 11 is 0. The van der Waals surface area contributed by atoms with Crippen LogP contribution in [0.15, 0.2) is 6.33 Å². The Labute approximate surface area is 144 Å². The lowest BCUT2D eigenvalue weighted by Crippen LogP contribution is -2.40. The predicted octanol–water partition coefficient (Wildman–Crippen LogP) is 3.71. The molecule has 1 aromatic rings. The third kappa shape index (κ3) is 3.65. The number of aromatic nitrogens is 3. The first kappa shape index (κ1) is 16.1. The fourth-order valence-corrected chi connectivity index (χ4v) is 4.50. The Kier molecular flexibility index (Phi) is 4.86. The summed E-state index contributed by atoms with van der Waals surface area (Å²) < 4.78 is 2.22. The molecule has 0 N–H and O–H groups in total. The average Bonchev–Trinajstić information content (AvgIpc) is 3.31. The summed E-state index contributed by atoms with van der Waals surface area (Å²) in [5.41, 5.74) is 0. The first-order valence-electron chi connectivity index (χ1n) is 9.98. The minimum absolute atomic E-state index is 0.149. The summed E-state index contributed by atoms with van der Waals surface area (Å²) in [5.74, 6) is 2.79. The van der Waals surface area contributed by atoms with Crippen molar-refractivity contribution in [1.29, 1.82) is 0 Å². The molecule has 1 aromatic heterocycles. The number of amides is 1. The van der Waals surface area contributed by atoms with Crippen molar-refractivity contribution in [2.45, 2.75) is 83.2 Å². The molecule has 1 amide bonds. The van der Waals surface area contributed by atoms with E-state index in [4.69, 9.17) is 0 Å². The molecule has 2 aliphatic carbocycles. The summed E-state index contributed by atoms with van der Waals surface area (Å²) in [7, 11) is 0. The molecule has 3 fully saturated rings. The fourth-order valence-electron chi connectivity index (χ4n) is 4.50. The lowest BCUT2D eigenvalue weighted by Gasteiger charge is -2.36. The van der Waals surface area contributed by atoms with Crippen LogP contribution in [0.4, 0.5) is 0 Å². The van der Waals surface area contributed by atoms with E-state index in [2.05, 4.69) is 19.7 Å². The normalized spacial score (nSPS) is 25.8. The van der Waals surface area contributed by atoms with E-state index in [-0.39, 0.29) is 6.04 Å². The van der Waals surface area contributed by atoms with Crippen molar-refractivity contribution in [3.63, 3.8) is 0 Å². The maximum atomic E-state index is 13.0. The van der Waals surface area contributed by atoms with Gasteiger partial charge in [0.2, 0.25) is 5.91 Å². The third-order valence-electron chi connectivity index (χ3n) is 6.11. The van der Waals surface area contributed by atoms with Gasteiger partial charge in [-0.25, -0.2) is 0 Å². The molecule has 2 saturated carbocycles. The molecule has 0 spiro atoms. The molecule has 5 heteroatoms. The highest BCUT2D eigenvalue weighted by atomic mass is 16.2. The lowest BCUT2D eigenvalue weighted by atomic mass is 9.86. The largest absolute Gasteiger partial charge is 0.332 e. The number of hydrogen-bond acceptors (Lipinski definition) is 3. The molecule has 24 heavy (non-hydrogen) atoms. The van der Waals surface area contributed by atoms with Gasteiger partial charge in [0.25, 0.3) is 0 Å². The molecular formula is C19H30N4O. The SMILES string of the molecule is O=C(CC1CCCCC1)N1CCCCC1c1nncn1CC1CC1. The van der Waals surface area contributed by atoms with Gasteiger partial charge in [0, 0.05) is 19.5 Å². The molecule has 4 rings (SSSR count). The minimum Gasteiger partial charge on any atom is -0.332 e. The van der Waals surface area contributed by atoms with Gasteiger partial charge in [-0.1, -0.05) is 19.3 Å². The molecule has 1 saturated heterocycles.